The molecule has 0 amide bonds. The Bertz CT molecular complexity index is 205. The van der Waals surface area contributed by atoms with Crippen LogP contribution in [0.4, 0.5) is 0 Å². The van der Waals surface area contributed by atoms with Crippen LogP contribution < -0.4 is 0 Å². The molecule has 1 aromatic carbocycles. The van der Waals surface area contributed by atoms with Gasteiger partial charge >= 0.3 is 68.9 Å². The second-order valence-electron chi connectivity index (χ2n) is 1.62. The molecule has 0 aliphatic carbocycles. The first-order valence-electron chi connectivity index (χ1n) is 2.53. The van der Waals surface area contributed by atoms with Crippen LogP contribution in [0.2, 0.25) is 0 Å². The molecule has 0 saturated heterocycles. The van der Waals surface area contributed by atoms with Gasteiger partial charge in [0.15, 0.2) is 0 Å². The molecule has 0 bridgehead atoms. The third-order valence-corrected chi connectivity index (χ3v) is 1.70. The van der Waals surface area contributed by atoms with Crippen molar-refractivity contribution >= 4 is 15.2 Å². The van der Waals surface area contributed by atoms with Crippen LogP contribution in [0, 0.1) is 0 Å². The molecule has 1 aromatic rings. The summed E-state index contributed by atoms with van der Waals surface area (Å²) in [6, 6.07) is 9.83. The average molecular weight is 226 g/mol. The number of halogens is 1. The normalized spacial score (nSPS) is 9.11. The van der Waals surface area contributed by atoms with Crippen LogP contribution in [0.3, 0.4) is 0 Å². The Kier molecular flexibility index (Phi) is 2.56. The molecule has 0 radical (unpaired) electrons. The Labute approximate surface area is 69.0 Å². The maximum atomic E-state index is 5.69. The second kappa shape index (κ2) is 3.24. The molecule has 0 saturated carbocycles. The minimum atomic E-state index is 0.773. The molecule has 0 aromatic heterocycles. The van der Waals surface area contributed by atoms with Crippen LogP contribution in [-0.4, -0.2) is 3.57 Å². The van der Waals surface area contributed by atoms with E-state index >= 15 is 0 Å². The molecule has 0 atom stereocenters. The molecule has 48 valence electrons. The van der Waals surface area contributed by atoms with Gasteiger partial charge in [-0.3, -0.25) is 0 Å². The predicted octanol–water partition coefficient (Wildman–Crippen LogP) is 1.95. The summed E-state index contributed by atoms with van der Waals surface area (Å²) in [5.74, 6) is 0. The van der Waals surface area contributed by atoms with E-state index in [4.69, 9.17) is 11.6 Å². The molecule has 0 heterocycles. The zero-order valence-corrected chi connectivity index (χ0v) is 7.11. The summed E-state index contributed by atoms with van der Waals surface area (Å²) in [7, 11) is 0. The molecule has 0 spiro atoms. The van der Waals surface area contributed by atoms with Gasteiger partial charge < -0.3 is 0 Å². The van der Waals surface area contributed by atoms with E-state index in [0.29, 0.717) is 0 Å². The first-order chi connectivity index (χ1) is 4.30. The monoisotopic (exact) mass is 226 g/mol. The van der Waals surface area contributed by atoms with Gasteiger partial charge in [-0.1, -0.05) is 0 Å². The summed E-state index contributed by atoms with van der Waals surface area (Å²) < 4.78 is 0.773. The summed E-state index contributed by atoms with van der Waals surface area (Å²) in [4.78, 5) is 0. The first-order valence-corrected chi connectivity index (χ1v) is 3.77. The molecule has 9 heavy (non-hydrogen) atoms. The molecule has 0 unspecified atom stereocenters. The van der Waals surface area contributed by atoms with Crippen LogP contribution in [0.1, 0.15) is 5.56 Å². The SMILES string of the molecule is Cl[C](=[Ru])c1ccccc1. The quantitative estimate of drug-likeness (QED) is 0.641. The van der Waals surface area contributed by atoms with Gasteiger partial charge in [-0.15, -0.1) is 0 Å². The Morgan fingerprint density at radius 3 is 2.11 bits per heavy atom. The van der Waals surface area contributed by atoms with Crippen LogP contribution in [0.5, 0.6) is 0 Å². The fraction of sp³-hybridized carbons (Fsp3) is 0. The zero-order valence-electron chi connectivity index (χ0n) is 4.62. The standard InChI is InChI=1S/C7H5Cl.Ru/c8-6-7-4-2-1-3-5-7;/h1-5H;. The van der Waals surface area contributed by atoms with Gasteiger partial charge in [0.05, 0.1) is 0 Å². The van der Waals surface area contributed by atoms with E-state index in [2.05, 4.69) is 17.9 Å². The third-order valence-electron chi connectivity index (χ3n) is 0.985. The van der Waals surface area contributed by atoms with E-state index in [1.165, 1.54) is 0 Å². The molecular formula is C7H5ClRu. The molecule has 0 nitrogen and oxygen atoms in total. The van der Waals surface area contributed by atoms with Crippen molar-refractivity contribution < 1.29 is 17.9 Å². The molecule has 0 aliphatic heterocycles. The Morgan fingerprint density at radius 2 is 1.78 bits per heavy atom. The van der Waals surface area contributed by atoms with Gasteiger partial charge in [0.2, 0.25) is 0 Å². The first kappa shape index (κ1) is 7.11. The molecule has 0 N–H and O–H groups in total. The summed E-state index contributed by atoms with van der Waals surface area (Å²) in [5.41, 5.74) is 1.07. The maximum absolute atomic E-state index is 5.69. The van der Waals surface area contributed by atoms with Crippen molar-refractivity contribution in [3.05, 3.63) is 35.9 Å². The Hall–Kier alpha value is 0.00338. The molecule has 1 rings (SSSR count). The second-order valence-corrected chi connectivity index (χ2v) is 3.36. The minimum absolute atomic E-state index is 0.773. The summed E-state index contributed by atoms with van der Waals surface area (Å²) in [5, 5.41) is 0. The zero-order chi connectivity index (χ0) is 6.69. The van der Waals surface area contributed by atoms with E-state index in [0.717, 1.165) is 9.13 Å². The Morgan fingerprint density at radius 1 is 1.22 bits per heavy atom. The molecule has 2 heteroatoms. The van der Waals surface area contributed by atoms with Gasteiger partial charge in [-0.05, 0) is 0 Å². The van der Waals surface area contributed by atoms with Crippen molar-refractivity contribution in [3.63, 3.8) is 0 Å². The van der Waals surface area contributed by atoms with E-state index < -0.39 is 0 Å². The van der Waals surface area contributed by atoms with Crippen molar-refractivity contribution in [2.24, 2.45) is 0 Å². The Balaban J connectivity index is 2.98. The van der Waals surface area contributed by atoms with Crippen LogP contribution in [-0.2, 0) is 17.9 Å². The van der Waals surface area contributed by atoms with Gasteiger partial charge in [0.1, 0.15) is 0 Å². The number of rotatable bonds is 1. The third kappa shape index (κ3) is 2.00. The van der Waals surface area contributed by atoms with Crippen molar-refractivity contribution in [2.45, 2.75) is 0 Å². The number of hydrogen-bond acceptors (Lipinski definition) is 0. The van der Waals surface area contributed by atoms with E-state index in [1.54, 1.807) is 0 Å². The van der Waals surface area contributed by atoms with Crippen molar-refractivity contribution in [1.29, 1.82) is 0 Å². The van der Waals surface area contributed by atoms with Crippen LogP contribution in [0.25, 0.3) is 0 Å². The van der Waals surface area contributed by atoms with Gasteiger partial charge in [0, 0.05) is 0 Å². The number of hydrogen-bond donors (Lipinski definition) is 0. The fourth-order valence-corrected chi connectivity index (χ4v) is 0.976. The fourth-order valence-electron chi connectivity index (χ4n) is 0.560. The van der Waals surface area contributed by atoms with Gasteiger partial charge in [0.25, 0.3) is 0 Å². The topological polar surface area (TPSA) is 0 Å². The van der Waals surface area contributed by atoms with Gasteiger partial charge in [-0.25, -0.2) is 0 Å². The van der Waals surface area contributed by atoms with Crippen LogP contribution in [0.15, 0.2) is 30.3 Å². The van der Waals surface area contributed by atoms with Crippen molar-refractivity contribution in [2.75, 3.05) is 0 Å². The molecule has 0 fully saturated rings. The predicted molar refractivity (Wildman–Crippen MR) is 36.4 cm³/mol. The number of benzene rings is 1. The van der Waals surface area contributed by atoms with Crippen molar-refractivity contribution in [1.82, 2.24) is 0 Å². The molecular weight excluding hydrogens is 221 g/mol. The summed E-state index contributed by atoms with van der Waals surface area (Å²) in [6.45, 7) is 0. The van der Waals surface area contributed by atoms with E-state index in [-0.39, 0.29) is 0 Å². The van der Waals surface area contributed by atoms with E-state index in [1.807, 2.05) is 30.3 Å². The van der Waals surface area contributed by atoms with Crippen LogP contribution >= 0.6 is 11.6 Å². The van der Waals surface area contributed by atoms with Crippen molar-refractivity contribution in [3.8, 4) is 0 Å². The van der Waals surface area contributed by atoms with E-state index in [9.17, 15) is 0 Å². The summed E-state index contributed by atoms with van der Waals surface area (Å²) >= 11 is 8.05. The van der Waals surface area contributed by atoms with Gasteiger partial charge in [-0.2, -0.15) is 0 Å². The molecule has 0 aliphatic rings. The average Bonchev–Trinajstić information content (AvgIpc) is 1.90. The summed E-state index contributed by atoms with van der Waals surface area (Å²) in [6.07, 6.45) is 0.